The molecule has 126 valence electrons. The lowest BCUT2D eigenvalue weighted by Crippen LogP contribution is -2.35. The largest absolute Gasteiger partial charge is 0.344 e. The summed E-state index contributed by atoms with van der Waals surface area (Å²) < 4.78 is 1.64. The maximum atomic E-state index is 12.1. The number of carbonyl (C=O) groups is 2. The van der Waals surface area contributed by atoms with E-state index in [0.29, 0.717) is 18.8 Å². The highest BCUT2D eigenvalue weighted by atomic mass is 16.2. The quantitative estimate of drug-likeness (QED) is 0.693. The first-order valence-electron chi connectivity index (χ1n) is 7.76. The van der Waals surface area contributed by atoms with Crippen molar-refractivity contribution in [2.75, 3.05) is 5.32 Å². The van der Waals surface area contributed by atoms with Crippen molar-refractivity contribution in [3.63, 3.8) is 0 Å². The molecule has 0 aliphatic heterocycles. The molecule has 0 aliphatic carbocycles. The van der Waals surface area contributed by atoms with E-state index in [9.17, 15) is 9.59 Å². The second kappa shape index (κ2) is 7.87. The molecule has 0 fully saturated rings. The van der Waals surface area contributed by atoms with Crippen LogP contribution in [0.15, 0.2) is 67.3 Å². The van der Waals surface area contributed by atoms with Crippen molar-refractivity contribution < 1.29 is 9.59 Å². The Morgan fingerprint density at radius 2 is 1.72 bits per heavy atom. The molecule has 0 unspecified atom stereocenters. The van der Waals surface area contributed by atoms with Gasteiger partial charge in [-0.3, -0.25) is 9.59 Å². The zero-order valence-corrected chi connectivity index (χ0v) is 13.4. The highest BCUT2D eigenvalue weighted by Crippen LogP contribution is 2.15. The summed E-state index contributed by atoms with van der Waals surface area (Å²) in [6, 6.07) is 16.7. The van der Waals surface area contributed by atoms with Crippen molar-refractivity contribution in [3.05, 3.63) is 78.4 Å². The lowest BCUT2D eigenvalue weighted by molar-refractivity contribution is -0.136. The average molecular weight is 335 g/mol. The fraction of sp³-hybridized carbons (Fsp3) is 0.111. The fourth-order valence-corrected chi connectivity index (χ4v) is 2.31. The van der Waals surface area contributed by atoms with Crippen LogP contribution in [0.4, 0.5) is 5.69 Å². The zero-order valence-electron chi connectivity index (χ0n) is 13.4. The second-order valence-electron chi connectivity index (χ2n) is 5.37. The summed E-state index contributed by atoms with van der Waals surface area (Å²) in [6.45, 7) is 0.746. The van der Waals surface area contributed by atoms with Crippen LogP contribution in [-0.2, 0) is 22.7 Å². The lowest BCUT2D eigenvalue weighted by atomic mass is 10.1. The van der Waals surface area contributed by atoms with Gasteiger partial charge in [-0.2, -0.15) is 5.10 Å². The number of aromatic nitrogens is 3. The summed E-state index contributed by atoms with van der Waals surface area (Å²) >= 11 is 0. The number of hydrogen-bond acceptors (Lipinski definition) is 4. The molecule has 3 rings (SSSR count). The van der Waals surface area contributed by atoms with Gasteiger partial charge in [0.25, 0.3) is 0 Å². The summed E-state index contributed by atoms with van der Waals surface area (Å²) in [5.74, 6) is -1.39. The molecule has 2 aromatic carbocycles. The molecule has 0 saturated carbocycles. The van der Waals surface area contributed by atoms with Crippen molar-refractivity contribution >= 4 is 17.5 Å². The molecule has 0 spiro atoms. The van der Waals surface area contributed by atoms with Gasteiger partial charge in [0, 0.05) is 12.2 Å². The summed E-state index contributed by atoms with van der Waals surface area (Å²) in [5.41, 5.74) is 2.32. The van der Waals surface area contributed by atoms with Gasteiger partial charge < -0.3 is 10.6 Å². The molecule has 1 aromatic heterocycles. The topological polar surface area (TPSA) is 88.9 Å². The highest BCUT2D eigenvalue weighted by Gasteiger charge is 2.15. The summed E-state index contributed by atoms with van der Waals surface area (Å²) in [5, 5.41) is 9.30. The summed E-state index contributed by atoms with van der Waals surface area (Å²) in [6.07, 6.45) is 3.03. The molecule has 2 N–H and O–H groups in total. The van der Waals surface area contributed by atoms with Crippen LogP contribution in [-0.4, -0.2) is 26.6 Å². The Morgan fingerprint density at radius 1 is 0.960 bits per heavy atom. The minimum atomic E-state index is -0.707. The zero-order chi connectivity index (χ0) is 17.5. The molecule has 0 radical (unpaired) electrons. The van der Waals surface area contributed by atoms with Crippen LogP contribution in [0.3, 0.4) is 0 Å². The minimum absolute atomic E-state index is 0.299. The fourth-order valence-electron chi connectivity index (χ4n) is 2.31. The second-order valence-corrected chi connectivity index (χ2v) is 5.37. The van der Waals surface area contributed by atoms with Crippen molar-refractivity contribution in [2.45, 2.75) is 13.1 Å². The van der Waals surface area contributed by atoms with Crippen LogP contribution in [0.1, 0.15) is 11.1 Å². The van der Waals surface area contributed by atoms with E-state index in [2.05, 4.69) is 20.7 Å². The molecular formula is C18H17N5O2. The number of para-hydroxylation sites is 1. The third kappa shape index (κ3) is 4.51. The Balaban J connectivity index is 1.61. The van der Waals surface area contributed by atoms with Crippen LogP contribution in [0.2, 0.25) is 0 Å². The third-order valence-corrected chi connectivity index (χ3v) is 3.57. The molecule has 7 heteroatoms. The molecule has 0 saturated heterocycles. The van der Waals surface area contributed by atoms with Gasteiger partial charge in [0.1, 0.15) is 12.7 Å². The van der Waals surface area contributed by atoms with Crippen molar-refractivity contribution in [3.8, 4) is 0 Å². The lowest BCUT2D eigenvalue weighted by Gasteiger charge is -2.11. The number of anilines is 1. The van der Waals surface area contributed by atoms with Crippen molar-refractivity contribution in [1.29, 1.82) is 0 Å². The van der Waals surface area contributed by atoms with E-state index in [1.54, 1.807) is 23.1 Å². The monoisotopic (exact) mass is 335 g/mol. The Morgan fingerprint density at radius 3 is 2.48 bits per heavy atom. The van der Waals surface area contributed by atoms with Gasteiger partial charge >= 0.3 is 11.8 Å². The molecule has 0 aliphatic rings. The Labute approximate surface area is 144 Å². The summed E-state index contributed by atoms with van der Waals surface area (Å²) in [7, 11) is 0. The van der Waals surface area contributed by atoms with Gasteiger partial charge in [-0.15, -0.1) is 0 Å². The molecule has 1 heterocycles. The van der Waals surface area contributed by atoms with Crippen LogP contribution in [0, 0.1) is 0 Å². The number of carbonyl (C=O) groups excluding carboxylic acids is 2. The van der Waals surface area contributed by atoms with E-state index in [4.69, 9.17) is 0 Å². The normalized spacial score (nSPS) is 10.2. The van der Waals surface area contributed by atoms with Gasteiger partial charge in [-0.05, 0) is 17.2 Å². The SMILES string of the molecule is O=C(NCc1ccccc1)C(=O)Nc1ccccc1Cn1cncn1. The molecule has 7 nitrogen and oxygen atoms in total. The minimum Gasteiger partial charge on any atom is -0.344 e. The number of nitrogens with zero attached hydrogens (tertiary/aromatic N) is 3. The number of benzene rings is 2. The van der Waals surface area contributed by atoms with E-state index < -0.39 is 11.8 Å². The van der Waals surface area contributed by atoms with Crippen LogP contribution in [0.25, 0.3) is 0 Å². The standard InChI is InChI=1S/C18H17N5O2/c24-17(20-10-14-6-2-1-3-7-14)18(25)22-16-9-5-4-8-15(16)11-23-13-19-12-21-23/h1-9,12-13H,10-11H2,(H,20,24)(H,22,25). The third-order valence-electron chi connectivity index (χ3n) is 3.57. The van der Waals surface area contributed by atoms with Crippen molar-refractivity contribution in [2.24, 2.45) is 0 Å². The van der Waals surface area contributed by atoms with Gasteiger partial charge in [-0.1, -0.05) is 48.5 Å². The van der Waals surface area contributed by atoms with Crippen LogP contribution >= 0.6 is 0 Å². The Hall–Kier alpha value is -3.48. The molecule has 3 aromatic rings. The average Bonchev–Trinajstić information content (AvgIpc) is 3.15. The van der Waals surface area contributed by atoms with Crippen molar-refractivity contribution in [1.82, 2.24) is 20.1 Å². The molecule has 0 atom stereocenters. The smallest absolute Gasteiger partial charge is 0.313 e. The highest BCUT2D eigenvalue weighted by molar-refractivity contribution is 6.39. The maximum Gasteiger partial charge on any atom is 0.313 e. The Bertz CT molecular complexity index is 847. The van der Waals surface area contributed by atoms with E-state index in [-0.39, 0.29) is 0 Å². The first kappa shape index (κ1) is 16.4. The predicted octanol–water partition coefficient (Wildman–Crippen LogP) is 1.58. The number of hydrogen-bond donors (Lipinski definition) is 2. The molecule has 0 bridgehead atoms. The summed E-state index contributed by atoms with van der Waals surface area (Å²) in [4.78, 5) is 28.0. The molecule has 2 amide bonds. The van der Waals surface area contributed by atoms with E-state index in [0.717, 1.165) is 11.1 Å². The van der Waals surface area contributed by atoms with E-state index >= 15 is 0 Å². The van der Waals surface area contributed by atoms with E-state index in [1.807, 2.05) is 42.5 Å². The van der Waals surface area contributed by atoms with Gasteiger partial charge in [0.15, 0.2) is 0 Å². The number of nitrogens with one attached hydrogen (secondary N) is 2. The number of rotatable bonds is 5. The number of amides is 2. The van der Waals surface area contributed by atoms with Crippen LogP contribution < -0.4 is 10.6 Å². The van der Waals surface area contributed by atoms with Gasteiger partial charge in [-0.25, -0.2) is 9.67 Å². The molecule has 25 heavy (non-hydrogen) atoms. The first-order valence-corrected chi connectivity index (χ1v) is 7.76. The maximum absolute atomic E-state index is 12.1. The van der Waals surface area contributed by atoms with Crippen LogP contribution in [0.5, 0.6) is 0 Å². The molecular weight excluding hydrogens is 318 g/mol. The first-order chi connectivity index (χ1) is 12.2. The Kier molecular flexibility index (Phi) is 5.16. The predicted molar refractivity (Wildman–Crippen MR) is 92.5 cm³/mol. The van der Waals surface area contributed by atoms with Gasteiger partial charge in [0.2, 0.25) is 0 Å². The van der Waals surface area contributed by atoms with E-state index in [1.165, 1.54) is 6.33 Å². The van der Waals surface area contributed by atoms with Gasteiger partial charge in [0.05, 0.1) is 6.54 Å².